The molecule has 1 unspecified atom stereocenters. The maximum Gasteiger partial charge on any atom is 0.323 e. The summed E-state index contributed by atoms with van der Waals surface area (Å²) in [5, 5.41) is 0. The third-order valence-corrected chi connectivity index (χ3v) is 10.8. The molecule has 1 rings (SSSR count). The van der Waals surface area contributed by atoms with Crippen molar-refractivity contribution in [3.8, 4) is 0 Å². The molecule has 0 aromatic heterocycles. The average molecular weight is 327 g/mol. The van der Waals surface area contributed by atoms with Crippen LogP contribution >= 0.6 is 0 Å². The highest BCUT2D eigenvalue weighted by Gasteiger charge is 2.54. The normalized spacial score (nSPS) is 22.6. The van der Waals surface area contributed by atoms with E-state index in [1.54, 1.807) is 0 Å². The van der Waals surface area contributed by atoms with Crippen LogP contribution in [-0.4, -0.2) is 34.2 Å². The van der Waals surface area contributed by atoms with Crippen LogP contribution in [-0.2, 0) is 19.1 Å². The smallest absolute Gasteiger partial charge is 0.323 e. The van der Waals surface area contributed by atoms with Crippen molar-refractivity contribution in [1.29, 1.82) is 0 Å². The number of methoxy groups -OCH3 is 2. The summed E-state index contributed by atoms with van der Waals surface area (Å²) in [5.41, 5.74) is 2.54. The number of ether oxygens (including phenoxy) is 2. The fourth-order valence-corrected chi connectivity index (χ4v) is 6.96. The van der Waals surface area contributed by atoms with Gasteiger partial charge in [-0.3, -0.25) is 9.59 Å². The average Bonchev–Trinajstić information content (AvgIpc) is 2.88. The molecular weight excluding hydrogens is 296 g/mol. The predicted molar refractivity (Wildman–Crippen MR) is 90.1 cm³/mol. The number of hydrogen-bond donors (Lipinski definition) is 0. The molecule has 0 spiro atoms. The minimum Gasteiger partial charge on any atom is -0.468 e. The lowest BCUT2D eigenvalue weighted by molar-refractivity contribution is -0.168. The number of carbonyl (C=O) groups excluding carboxylic acids is 2. The zero-order chi connectivity index (χ0) is 17.0. The lowest BCUT2D eigenvalue weighted by Gasteiger charge is -2.26. The van der Waals surface area contributed by atoms with E-state index in [4.69, 9.17) is 9.47 Å². The molecule has 1 aliphatic rings. The first kappa shape index (κ1) is 18.9. The van der Waals surface area contributed by atoms with Crippen molar-refractivity contribution in [2.45, 2.75) is 58.7 Å². The molecule has 0 amide bonds. The highest BCUT2D eigenvalue weighted by molar-refractivity contribution is 6.84. The van der Waals surface area contributed by atoms with E-state index in [0.29, 0.717) is 12.8 Å². The molecule has 1 atom stereocenters. The first-order valence-corrected chi connectivity index (χ1v) is 10.9. The van der Waals surface area contributed by atoms with E-state index in [1.165, 1.54) is 37.9 Å². The van der Waals surface area contributed by atoms with E-state index < -0.39 is 25.4 Å². The second-order valence-corrected chi connectivity index (χ2v) is 11.6. The molecule has 22 heavy (non-hydrogen) atoms. The summed E-state index contributed by atoms with van der Waals surface area (Å²) < 4.78 is 9.82. The van der Waals surface area contributed by atoms with Crippen molar-refractivity contribution in [2.75, 3.05) is 14.2 Å². The number of hydrogen-bond acceptors (Lipinski definition) is 4. The summed E-state index contributed by atoms with van der Waals surface area (Å²) in [7, 11) is 1.23. The summed E-state index contributed by atoms with van der Waals surface area (Å²) in [6, 6.07) is 3.58. The van der Waals surface area contributed by atoms with E-state index in [0.717, 1.165) is 0 Å². The Labute approximate surface area is 135 Å². The maximum absolute atomic E-state index is 12.3. The molecule has 0 aliphatic heterocycles. The van der Waals surface area contributed by atoms with Crippen LogP contribution in [0.2, 0.25) is 18.1 Å². The van der Waals surface area contributed by atoms with Gasteiger partial charge in [0.15, 0.2) is 5.41 Å². The van der Waals surface area contributed by atoms with Gasteiger partial charge in [-0.15, -0.1) is 0 Å². The fraction of sp³-hybridized carbons (Fsp3) is 0.765. The van der Waals surface area contributed by atoms with Crippen LogP contribution in [0.1, 0.15) is 40.5 Å². The molecule has 0 heterocycles. The van der Waals surface area contributed by atoms with Crippen molar-refractivity contribution in [3.05, 3.63) is 11.3 Å². The highest BCUT2D eigenvalue weighted by atomic mass is 28.3. The third-order valence-electron chi connectivity index (χ3n) is 5.55. The van der Waals surface area contributed by atoms with E-state index >= 15 is 0 Å². The van der Waals surface area contributed by atoms with Crippen molar-refractivity contribution >= 4 is 20.0 Å². The summed E-state index contributed by atoms with van der Waals surface area (Å²) in [4.78, 5) is 24.5. The monoisotopic (exact) mass is 326 g/mol. The SMILES string of the molecule is CC[Si](/C=C1/CC(C(=O)OC)(C(=O)OC)CC1C)(CC)CC. The molecular formula is C17H30O4Si. The fourth-order valence-electron chi connectivity index (χ4n) is 3.68. The Hall–Kier alpha value is -1.10. The van der Waals surface area contributed by atoms with Crippen LogP contribution in [0.15, 0.2) is 11.3 Å². The van der Waals surface area contributed by atoms with E-state index in [2.05, 4.69) is 33.4 Å². The third kappa shape index (κ3) is 3.29. The maximum atomic E-state index is 12.3. The van der Waals surface area contributed by atoms with Gasteiger partial charge in [-0.2, -0.15) is 0 Å². The molecule has 0 N–H and O–H groups in total. The quantitative estimate of drug-likeness (QED) is 0.424. The number of esters is 2. The molecule has 0 aromatic carbocycles. The molecule has 1 fully saturated rings. The van der Waals surface area contributed by atoms with Crippen molar-refractivity contribution in [3.63, 3.8) is 0 Å². The Bertz CT molecular complexity index is 427. The molecule has 0 aromatic rings. The molecule has 1 aliphatic carbocycles. The summed E-state index contributed by atoms with van der Waals surface area (Å²) in [5.74, 6) is -0.715. The Morgan fingerprint density at radius 2 is 1.59 bits per heavy atom. The molecule has 5 heteroatoms. The zero-order valence-corrected chi connectivity index (χ0v) is 15.8. The predicted octanol–water partition coefficient (Wildman–Crippen LogP) is 3.72. The van der Waals surface area contributed by atoms with Gasteiger partial charge in [-0.25, -0.2) is 0 Å². The van der Waals surface area contributed by atoms with Gasteiger partial charge in [-0.1, -0.05) is 57.1 Å². The second kappa shape index (κ2) is 7.44. The van der Waals surface area contributed by atoms with Crippen LogP contribution in [0, 0.1) is 11.3 Å². The summed E-state index contributed by atoms with van der Waals surface area (Å²) >= 11 is 0. The summed E-state index contributed by atoms with van der Waals surface area (Å²) in [6.45, 7) is 8.86. The largest absolute Gasteiger partial charge is 0.468 e. The lowest BCUT2D eigenvalue weighted by Crippen LogP contribution is -2.39. The second-order valence-electron chi connectivity index (χ2n) is 6.49. The van der Waals surface area contributed by atoms with Gasteiger partial charge < -0.3 is 9.47 Å². The standard InChI is InChI=1S/C17H30O4Si/c1-7-22(8-2,9-3)12-14-11-17(10-13(14)4,15(18)20-5)16(19)21-6/h12-13H,7-11H2,1-6H3/b14-12-. The minimum absolute atomic E-state index is 0.217. The molecule has 1 saturated carbocycles. The Morgan fingerprint density at radius 1 is 1.14 bits per heavy atom. The van der Waals surface area contributed by atoms with Crippen LogP contribution in [0.3, 0.4) is 0 Å². The molecule has 0 radical (unpaired) electrons. The van der Waals surface area contributed by atoms with Gasteiger partial charge in [0.05, 0.1) is 22.3 Å². The van der Waals surface area contributed by atoms with Crippen LogP contribution in [0.5, 0.6) is 0 Å². The lowest BCUT2D eigenvalue weighted by atomic mass is 9.85. The molecule has 0 bridgehead atoms. The number of allylic oxidation sites excluding steroid dienone is 1. The number of carbonyl (C=O) groups is 2. The van der Waals surface area contributed by atoms with Crippen molar-refractivity contribution in [2.24, 2.45) is 11.3 Å². The van der Waals surface area contributed by atoms with E-state index in [-0.39, 0.29) is 5.92 Å². The van der Waals surface area contributed by atoms with Crippen LogP contribution in [0.25, 0.3) is 0 Å². The molecule has 0 saturated heterocycles. The minimum atomic E-state index is -1.44. The molecule has 126 valence electrons. The Kier molecular flexibility index (Phi) is 6.41. The van der Waals surface area contributed by atoms with Crippen LogP contribution < -0.4 is 0 Å². The van der Waals surface area contributed by atoms with Crippen molar-refractivity contribution in [1.82, 2.24) is 0 Å². The van der Waals surface area contributed by atoms with E-state index in [9.17, 15) is 9.59 Å². The zero-order valence-electron chi connectivity index (χ0n) is 14.8. The van der Waals surface area contributed by atoms with Crippen LogP contribution in [0.4, 0.5) is 0 Å². The Morgan fingerprint density at radius 3 is 1.95 bits per heavy atom. The highest BCUT2D eigenvalue weighted by Crippen LogP contribution is 2.48. The van der Waals surface area contributed by atoms with Gasteiger partial charge in [0.25, 0.3) is 0 Å². The first-order chi connectivity index (χ1) is 10.3. The summed E-state index contributed by atoms with van der Waals surface area (Å²) in [6.07, 6.45) is 0.933. The van der Waals surface area contributed by atoms with Crippen molar-refractivity contribution < 1.29 is 19.1 Å². The molecule has 4 nitrogen and oxygen atoms in total. The van der Waals surface area contributed by atoms with Gasteiger partial charge in [-0.05, 0) is 18.8 Å². The van der Waals surface area contributed by atoms with Gasteiger partial charge in [0.2, 0.25) is 0 Å². The van der Waals surface area contributed by atoms with E-state index in [1.807, 2.05) is 0 Å². The van der Waals surface area contributed by atoms with Gasteiger partial charge in [0.1, 0.15) is 0 Å². The topological polar surface area (TPSA) is 52.6 Å². The van der Waals surface area contributed by atoms with Gasteiger partial charge >= 0.3 is 11.9 Å². The Balaban J connectivity index is 3.23. The first-order valence-electron chi connectivity index (χ1n) is 8.23. The number of rotatable bonds is 6. The van der Waals surface area contributed by atoms with Gasteiger partial charge in [0, 0.05) is 0 Å².